The number of hydrogen-bond donors (Lipinski definition) is 2. The second-order valence-electron chi connectivity index (χ2n) is 5.24. The minimum Gasteiger partial charge on any atom is -0.356 e. The average Bonchev–Trinajstić information content (AvgIpc) is 2.60. The molecule has 0 aromatic carbocycles. The first-order chi connectivity index (χ1) is 7.00. The molecule has 0 saturated heterocycles. The predicted molar refractivity (Wildman–Crippen MR) is 69.6 cm³/mol. The Morgan fingerprint density at radius 1 is 1.38 bits per heavy atom. The van der Waals surface area contributed by atoms with Gasteiger partial charge in [-0.3, -0.25) is 4.79 Å². The van der Waals surface area contributed by atoms with Crippen LogP contribution in [-0.2, 0) is 4.79 Å². The number of carbonyl (C=O) groups is 1. The Kier molecular flexibility index (Phi) is 7.00. The summed E-state index contributed by atoms with van der Waals surface area (Å²) in [5.41, 5.74) is 5.79. The maximum Gasteiger partial charge on any atom is 0.223 e. The Morgan fingerprint density at radius 2 is 2.00 bits per heavy atom. The molecule has 0 bridgehead atoms. The fraction of sp³-hybridized carbons (Fsp3) is 0.917. The average molecular weight is 249 g/mol. The second kappa shape index (κ2) is 7.13. The van der Waals surface area contributed by atoms with E-state index >= 15 is 0 Å². The molecule has 0 spiro atoms. The summed E-state index contributed by atoms with van der Waals surface area (Å²) in [5, 5.41) is 3.03. The van der Waals surface area contributed by atoms with E-state index in [4.69, 9.17) is 5.73 Å². The van der Waals surface area contributed by atoms with E-state index in [1.165, 1.54) is 0 Å². The van der Waals surface area contributed by atoms with Crippen LogP contribution in [0.2, 0.25) is 0 Å². The predicted octanol–water partition coefficient (Wildman–Crippen LogP) is 1.94. The number of amides is 1. The summed E-state index contributed by atoms with van der Waals surface area (Å²) in [6.07, 6.45) is 2.82. The van der Waals surface area contributed by atoms with Crippen LogP contribution < -0.4 is 11.1 Å². The molecule has 1 fully saturated rings. The third kappa shape index (κ3) is 4.71. The van der Waals surface area contributed by atoms with Crippen molar-refractivity contribution >= 4 is 18.3 Å². The van der Waals surface area contributed by atoms with Crippen molar-refractivity contribution in [2.24, 2.45) is 23.5 Å². The van der Waals surface area contributed by atoms with Crippen LogP contribution in [-0.4, -0.2) is 18.5 Å². The molecule has 0 aliphatic heterocycles. The first kappa shape index (κ1) is 15.7. The number of rotatable bonds is 4. The number of carbonyl (C=O) groups excluding carboxylic acids is 1. The lowest BCUT2D eigenvalue weighted by Gasteiger charge is -2.17. The molecule has 16 heavy (non-hydrogen) atoms. The van der Waals surface area contributed by atoms with E-state index in [9.17, 15) is 4.79 Å². The molecule has 0 radical (unpaired) electrons. The standard InChI is InChI=1S/C12H24N2O.ClH/c1-8(2)9(3)7-14-12(15)10-4-5-11(13)6-10;/h8-11H,4-7,13H2,1-3H3,(H,14,15);1H. The number of nitrogens with two attached hydrogens (primary N) is 1. The van der Waals surface area contributed by atoms with Crippen molar-refractivity contribution in [1.82, 2.24) is 5.32 Å². The zero-order valence-electron chi connectivity index (χ0n) is 10.5. The third-order valence-electron chi connectivity index (χ3n) is 3.58. The van der Waals surface area contributed by atoms with Crippen LogP contribution >= 0.6 is 12.4 Å². The van der Waals surface area contributed by atoms with Crippen molar-refractivity contribution in [3.63, 3.8) is 0 Å². The van der Waals surface area contributed by atoms with E-state index in [-0.39, 0.29) is 30.3 Å². The Bertz CT molecular complexity index is 221. The van der Waals surface area contributed by atoms with Crippen LogP contribution in [0.4, 0.5) is 0 Å². The quantitative estimate of drug-likeness (QED) is 0.799. The molecule has 1 amide bonds. The largest absolute Gasteiger partial charge is 0.356 e. The summed E-state index contributed by atoms with van der Waals surface area (Å²) < 4.78 is 0. The van der Waals surface area contributed by atoms with Crippen LogP contribution in [0, 0.1) is 17.8 Å². The highest BCUT2D eigenvalue weighted by molar-refractivity contribution is 5.85. The molecule has 1 aliphatic carbocycles. The lowest BCUT2D eigenvalue weighted by molar-refractivity contribution is -0.125. The zero-order chi connectivity index (χ0) is 11.4. The Hall–Kier alpha value is -0.280. The minimum absolute atomic E-state index is 0. The molecule has 1 aliphatic rings. The monoisotopic (exact) mass is 248 g/mol. The SMILES string of the molecule is CC(C)C(C)CNC(=O)C1CCC(N)C1.Cl. The van der Waals surface area contributed by atoms with Gasteiger partial charge in [-0.1, -0.05) is 20.8 Å². The topological polar surface area (TPSA) is 55.1 Å². The maximum atomic E-state index is 11.8. The molecule has 1 saturated carbocycles. The highest BCUT2D eigenvalue weighted by Gasteiger charge is 2.27. The molecule has 96 valence electrons. The van der Waals surface area contributed by atoms with E-state index in [0.29, 0.717) is 11.8 Å². The van der Waals surface area contributed by atoms with Gasteiger partial charge in [-0.2, -0.15) is 0 Å². The molecule has 0 heterocycles. The van der Waals surface area contributed by atoms with E-state index in [2.05, 4.69) is 26.1 Å². The summed E-state index contributed by atoms with van der Waals surface area (Å²) >= 11 is 0. The van der Waals surface area contributed by atoms with Gasteiger partial charge in [-0.05, 0) is 31.1 Å². The number of hydrogen-bond acceptors (Lipinski definition) is 2. The highest BCUT2D eigenvalue weighted by Crippen LogP contribution is 2.24. The van der Waals surface area contributed by atoms with Gasteiger partial charge in [-0.25, -0.2) is 0 Å². The molecular weight excluding hydrogens is 224 g/mol. The summed E-state index contributed by atoms with van der Waals surface area (Å²) in [4.78, 5) is 11.8. The van der Waals surface area contributed by atoms with Gasteiger partial charge in [0.1, 0.15) is 0 Å². The molecule has 3 atom stereocenters. The molecular formula is C12H25ClN2O. The van der Waals surface area contributed by atoms with Crippen LogP contribution in [0.5, 0.6) is 0 Å². The van der Waals surface area contributed by atoms with Crippen LogP contribution in [0.1, 0.15) is 40.0 Å². The van der Waals surface area contributed by atoms with Crippen molar-refractivity contribution in [3.05, 3.63) is 0 Å². The molecule has 4 heteroatoms. The van der Waals surface area contributed by atoms with E-state index < -0.39 is 0 Å². The molecule has 3 nitrogen and oxygen atoms in total. The van der Waals surface area contributed by atoms with Crippen molar-refractivity contribution in [3.8, 4) is 0 Å². The first-order valence-corrected chi connectivity index (χ1v) is 6.04. The summed E-state index contributed by atoms with van der Waals surface area (Å²) in [5.74, 6) is 1.54. The van der Waals surface area contributed by atoms with Gasteiger partial charge >= 0.3 is 0 Å². The Morgan fingerprint density at radius 3 is 2.44 bits per heavy atom. The third-order valence-corrected chi connectivity index (χ3v) is 3.58. The van der Waals surface area contributed by atoms with Crippen LogP contribution in [0.25, 0.3) is 0 Å². The molecule has 1 rings (SSSR count). The Balaban J connectivity index is 0.00000225. The highest BCUT2D eigenvalue weighted by atomic mass is 35.5. The fourth-order valence-electron chi connectivity index (χ4n) is 1.90. The van der Waals surface area contributed by atoms with Gasteiger partial charge in [0.25, 0.3) is 0 Å². The van der Waals surface area contributed by atoms with Gasteiger partial charge in [0, 0.05) is 18.5 Å². The van der Waals surface area contributed by atoms with Gasteiger partial charge in [-0.15, -0.1) is 12.4 Å². The summed E-state index contributed by atoms with van der Waals surface area (Å²) in [6, 6.07) is 0.239. The number of halogens is 1. The lowest BCUT2D eigenvalue weighted by Crippen LogP contribution is -2.34. The van der Waals surface area contributed by atoms with Gasteiger partial charge in [0.05, 0.1) is 0 Å². The van der Waals surface area contributed by atoms with Crippen molar-refractivity contribution in [1.29, 1.82) is 0 Å². The number of nitrogens with one attached hydrogen (secondary N) is 1. The first-order valence-electron chi connectivity index (χ1n) is 6.04. The normalized spacial score (nSPS) is 26.3. The summed E-state index contributed by atoms with van der Waals surface area (Å²) in [7, 11) is 0. The van der Waals surface area contributed by atoms with Crippen molar-refractivity contribution < 1.29 is 4.79 Å². The zero-order valence-corrected chi connectivity index (χ0v) is 11.3. The fourth-order valence-corrected chi connectivity index (χ4v) is 1.90. The molecule has 0 aromatic heterocycles. The smallest absolute Gasteiger partial charge is 0.223 e. The van der Waals surface area contributed by atoms with Crippen molar-refractivity contribution in [2.45, 2.75) is 46.1 Å². The molecule has 3 N–H and O–H groups in total. The van der Waals surface area contributed by atoms with Gasteiger partial charge in [0.15, 0.2) is 0 Å². The van der Waals surface area contributed by atoms with E-state index in [1.54, 1.807) is 0 Å². The van der Waals surface area contributed by atoms with Crippen molar-refractivity contribution in [2.75, 3.05) is 6.54 Å². The lowest BCUT2D eigenvalue weighted by atomic mass is 9.98. The Labute approximate surface area is 105 Å². The molecule has 0 aromatic rings. The molecule has 3 unspecified atom stereocenters. The van der Waals surface area contributed by atoms with E-state index in [1.807, 2.05) is 0 Å². The van der Waals surface area contributed by atoms with Crippen LogP contribution in [0.3, 0.4) is 0 Å². The minimum atomic E-state index is 0. The van der Waals surface area contributed by atoms with E-state index in [0.717, 1.165) is 25.8 Å². The van der Waals surface area contributed by atoms with Gasteiger partial charge < -0.3 is 11.1 Å². The van der Waals surface area contributed by atoms with Crippen LogP contribution in [0.15, 0.2) is 0 Å². The maximum absolute atomic E-state index is 11.8. The summed E-state index contributed by atoms with van der Waals surface area (Å²) in [6.45, 7) is 7.33. The second-order valence-corrected chi connectivity index (χ2v) is 5.24. The van der Waals surface area contributed by atoms with Gasteiger partial charge in [0.2, 0.25) is 5.91 Å².